The second kappa shape index (κ2) is 16.5. The van der Waals surface area contributed by atoms with Crippen molar-refractivity contribution < 1.29 is 0 Å². The number of nitrogens with two attached hydrogens (primary N) is 1. The molecule has 0 radical (unpaired) electrons. The van der Waals surface area contributed by atoms with E-state index in [2.05, 4.69) is 33.4 Å². The molecule has 0 unspecified atom stereocenters. The maximum Gasteiger partial charge on any atom is 0.0393 e. The molecule has 0 bridgehead atoms. The van der Waals surface area contributed by atoms with Crippen LogP contribution in [0.1, 0.15) is 132 Å². The van der Waals surface area contributed by atoms with Gasteiger partial charge in [-0.1, -0.05) is 116 Å². The molecule has 0 fully saturated rings. The quantitative estimate of drug-likeness (QED) is 0.193. The van der Waals surface area contributed by atoms with E-state index in [1.807, 2.05) is 6.08 Å². The Morgan fingerprint density at radius 3 is 1.52 bits per heavy atom. The third-order valence-electron chi connectivity index (χ3n) is 6.59. The number of anilines is 1. The molecule has 1 aromatic carbocycles. The summed E-state index contributed by atoms with van der Waals surface area (Å²) >= 11 is 0. The van der Waals surface area contributed by atoms with Crippen LogP contribution in [0.5, 0.6) is 0 Å². The van der Waals surface area contributed by atoms with E-state index in [0.29, 0.717) is 0 Å². The highest BCUT2D eigenvalue weighted by Gasteiger charge is 2.08. The van der Waals surface area contributed by atoms with Crippen molar-refractivity contribution in [3.63, 3.8) is 0 Å². The predicted molar refractivity (Wildman–Crippen MR) is 134 cm³/mol. The fourth-order valence-corrected chi connectivity index (χ4v) is 4.43. The van der Waals surface area contributed by atoms with Crippen molar-refractivity contribution in [3.8, 4) is 0 Å². The standard InChI is InChI=1S/C28H49N/c1-5-7-8-9-10-11-12-13-14-15-16-17-18-19-20-21-22-26-23-28(29)27(6-2)25(4)24(26)3/h6,23H,2,5,7-22,29H2,1,3-4H3. The van der Waals surface area contributed by atoms with E-state index in [-0.39, 0.29) is 0 Å². The Balaban J connectivity index is 1.96. The van der Waals surface area contributed by atoms with E-state index in [1.165, 1.54) is 119 Å². The molecule has 0 atom stereocenters. The molecule has 0 aliphatic carbocycles. The van der Waals surface area contributed by atoms with Crippen LogP contribution in [-0.2, 0) is 6.42 Å². The van der Waals surface area contributed by atoms with Crippen LogP contribution in [0.4, 0.5) is 5.69 Å². The van der Waals surface area contributed by atoms with Gasteiger partial charge in [0, 0.05) is 5.69 Å². The molecule has 0 aliphatic rings. The van der Waals surface area contributed by atoms with Crippen molar-refractivity contribution in [1.29, 1.82) is 0 Å². The highest BCUT2D eigenvalue weighted by Crippen LogP contribution is 2.26. The van der Waals surface area contributed by atoms with Gasteiger partial charge in [-0.3, -0.25) is 0 Å². The number of benzene rings is 1. The zero-order valence-corrected chi connectivity index (χ0v) is 20.0. The van der Waals surface area contributed by atoms with Crippen LogP contribution in [0.25, 0.3) is 6.08 Å². The monoisotopic (exact) mass is 399 g/mol. The summed E-state index contributed by atoms with van der Waals surface area (Å²) in [5.74, 6) is 0. The van der Waals surface area contributed by atoms with E-state index in [4.69, 9.17) is 5.73 Å². The Hall–Kier alpha value is -1.24. The van der Waals surface area contributed by atoms with E-state index in [1.54, 1.807) is 0 Å². The first-order valence-corrected chi connectivity index (χ1v) is 12.6. The van der Waals surface area contributed by atoms with Crippen molar-refractivity contribution in [2.45, 2.75) is 130 Å². The molecule has 0 aromatic heterocycles. The molecular formula is C28H49N. The van der Waals surface area contributed by atoms with Crippen LogP contribution >= 0.6 is 0 Å². The third-order valence-corrected chi connectivity index (χ3v) is 6.59. The second-order valence-corrected chi connectivity index (χ2v) is 9.05. The SMILES string of the molecule is C=Cc1c(N)cc(CCCCCCCCCCCCCCCCCC)c(C)c1C. The first-order chi connectivity index (χ1) is 14.1. The van der Waals surface area contributed by atoms with Crippen LogP contribution in [0.2, 0.25) is 0 Å². The summed E-state index contributed by atoms with van der Waals surface area (Å²) < 4.78 is 0. The predicted octanol–water partition coefficient (Wildman–Crippen LogP) is 9.33. The normalized spacial score (nSPS) is 11.1. The van der Waals surface area contributed by atoms with Gasteiger partial charge >= 0.3 is 0 Å². The van der Waals surface area contributed by atoms with Crippen molar-refractivity contribution in [1.82, 2.24) is 0 Å². The average molecular weight is 400 g/mol. The van der Waals surface area contributed by atoms with Crippen LogP contribution < -0.4 is 5.73 Å². The lowest BCUT2D eigenvalue weighted by Gasteiger charge is -2.14. The zero-order valence-electron chi connectivity index (χ0n) is 20.0. The van der Waals surface area contributed by atoms with Crippen molar-refractivity contribution in [2.24, 2.45) is 0 Å². The molecule has 1 aromatic rings. The van der Waals surface area contributed by atoms with E-state index in [9.17, 15) is 0 Å². The highest BCUT2D eigenvalue weighted by atomic mass is 14.6. The number of hydrogen-bond acceptors (Lipinski definition) is 1. The lowest BCUT2D eigenvalue weighted by Crippen LogP contribution is -2.00. The molecular weight excluding hydrogens is 350 g/mol. The maximum atomic E-state index is 6.19. The van der Waals surface area contributed by atoms with E-state index < -0.39 is 0 Å². The lowest BCUT2D eigenvalue weighted by atomic mass is 9.93. The molecule has 0 heterocycles. The van der Waals surface area contributed by atoms with Crippen LogP contribution in [-0.4, -0.2) is 0 Å². The topological polar surface area (TPSA) is 26.0 Å². The number of unbranched alkanes of at least 4 members (excludes halogenated alkanes) is 15. The van der Waals surface area contributed by atoms with Gasteiger partial charge in [-0.2, -0.15) is 0 Å². The Morgan fingerprint density at radius 2 is 1.10 bits per heavy atom. The first-order valence-electron chi connectivity index (χ1n) is 12.6. The van der Waals surface area contributed by atoms with Crippen molar-refractivity contribution >= 4 is 11.8 Å². The lowest BCUT2D eigenvalue weighted by molar-refractivity contribution is 0.529. The smallest absolute Gasteiger partial charge is 0.0393 e. The van der Waals surface area contributed by atoms with Gasteiger partial charge in [0.25, 0.3) is 0 Å². The van der Waals surface area contributed by atoms with Crippen molar-refractivity contribution in [3.05, 3.63) is 34.9 Å². The maximum absolute atomic E-state index is 6.19. The summed E-state index contributed by atoms with van der Waals surface area (Å²) in [6.07, 6.45) is 25.8. The van der Waals surface area contributed by atoms with Crippen molar-refractivity contribution in [2.75, 3.05) is 5.73 Å². The second-order valence-electron chi connectivity index (χ2n) is 9.05. The minimum Gasteiger partial charge on any atom is -0.398 e. The van der Waals surface area contributed by atoms with Gasteiger partial charge in [-0.15, -0.1) is 0 Å². The molecule has 0 saturated heterocycles. The molecule has 2 N–H and O–H groups in total. The summed E-state index contributed by atoms with van der Waals surface area (Å²) in [5.41, 5.74) is 12.3. The molecule has 0 aliphatic heterocycles. The van der Waals surface area contributed by atoms with Gasteiger partial charge in [0.1, 0.15) is 0 Å². The average Bonchev–Trinajstić information content (AvgIpc) is 2.71. The van der Waals surface area contributed by atoms with Gasteiger partial charge in [0.05, 0.1) is 0 Å². The Labute approximate surface area is 182 Å². The third kappa shape index (κ3) is 10.9. The minimum absolute atomic E-state index is 0.884. The fourth-order valence-electron chi connectivity index (χ4n) is 4.43. The summed E-state index contributed by atoms with van der Waals surface area (Å²) in [6.45, 7) is 10.6. The summed E-state index contributed by atoms with van der Waals surface area (Å²) in [7, 11) is 0. The molecule has 166 valence electrons. The van der Waals surface area contributed by atoms with E-state index in [0.717, 1.165) is 17.7 Å². The molecule has 1 nitrogen and oxygen atoms in total. The highest BCUT2D eigenvalue weighted by molar-refractivity contribution is 5.69. The number of rotatable bonds is 18. The van der Waals surface area contributed by atoms with Gasteiger partial charge in [-0.25, -0.2) is 0 Å². The summed E-state index contributed by atoms with van der Waals surface area (Å²) in [5, 5.41) is 0. The Kier molecular flexibility index (Phi) is 14.7. The Morgan fingerprint density at radius 1 is 0.690 bits per heavy atom. The van der Waals surface area contributed by atoms with Gasteiger partial charge in [-0.05, 0) is 55.0 Å². The number of aryl methyl sites for hydroxylation is 1. The summed E-state index contributed by atoms with van der Waals surface area (Å²) in [6, 6.07) is 2.17. The molecule has 0 saturated carbocycles. The van der Waals surface area contributed by atoms with Gasteiger partial charge in [0.15, 0.2) is 0 Å². The molecule has 0 spiro atoms. The number of nitrogen functional groups attached to an aromatic ring is 1. The zero-order chi connectivity index (χ0) is 21.3. The van der Waals surface area contributed by atoms with Crippen LogP contribution in [0.3, 0.4) is 0 Å². The molecule has 1 heteroatoms. The largest absolute Gasteiger partial charge is 0.398 e. The van der Waals surface area contributed by atoms with Crippen LogP contribution in [0.15, 0.2) is 12.6 Å². The summed E-state index contributed by atoms with van der Waals surface area (Å²) in [4.78, 5) is 0. The molecule has 0 amide bonds. The Bertz CT molecular complexity index is 558. The molecule has 1 rings (SSSR count). The van der Waals surface area contributed by atoms with Gasteiger partial charge in [0.2, 0.25) is 0 Å². The van der Waals surface area contributed by atoms with Gasteiger partial charge < -0.3 is 5.73 Å². The van der Waals surface area contributed by atoms with Crippen LogP contribution in [0, 0.1) is 13.8 Å². The minimum atomic E-state index is 0.884. The number of hydrogen-bond donors (Lipinski definition) is 1. The first kappa shape index (κ1) is 25.8. The van der Waals surface area contributed by atoms with E-state index >= 15 is 0 Å². The molecule has 29 heavy (non-hydrogen) atoms. The fraction of sp³-hybridized carbons (Fsp3) is 0.714.